The molecule has 0 aliphatic heterocycles. The van der Waals surface area contributed by atoms with Gasteiger partial charge in [0, 0.05) is 6.61 Å². The van der Waals surface area contributed by atoms with Crippen molar-refractivity contribution in [3.8, 4) is 0 Å². The Labute approximate surface area is 61.1 Å². The summed E-state index contributed by atoms with van der Waals surface area (Å²) < 4.78 is 4.60. The molecule has 4 nitrogen and oxygen atoms in total. The van der Waals surface area contributed by atoms with Crippen molar-refractivity contribution in [2.24, 2.45) is 0 Å². The van der Waals surface area contributed by atoms with Crippen LogP contribution >= 0.6 is 0 Å². The maximum Gasteiger partial charge on any atom is 0.151 e. The Bertz CT molecular complexity index is 45.0. The average molecular weight is 152 g/mol. The van der Waals surface area contributed by atoms with Gasteiger partial charge in [-0.3, -0.25) is 0 Å². The van der Waals surface area contributed by atoms with Gasteiger partial charge in [-0.25, -0.2) is 0 Å². The molecule has 0 saturated carbocycles. The summed E-state index contributed by atoms with van der Waals surface area (Å²) in [4.78, 5) is 0. The monoisotopic (exact) mass is 152 g/mol. The number of hydrogen-bond acceptors (Lipinski definition) is 4. The van der Waals surface area contributed by atoms with Crippen molar-refractivity contribution in [2.45, 2.75) is 20.1 Å². The van der Waals surface area contributed by atoms with Crippen molar-refractivity contribution < 1.29 is 20.1 Å². The maximum absolute atomic E-state index is 8.33. The Morgan fingerprint density at radius 1 is 1.30 bits per heavy atom. The fourth-order valence-corrected chi connectivity index (χ4v) is 0.241. The quantitative estimate of drug-likeness (QED) is 0.469. The highest BCUT2D eigenvalue weighted by atomic mass is 16.6. The highest BCUT2D eigenvalue weighted by Gasteiger charge is 1.85. The molecule has 1 atom stereocenters. The molecule has 0 aromatic heterocycles. The largest absolute Gasteiger partial charge is 0.394 e. The number of rotatable bonds is 3. The summed E-state index contributed by atoms with van der Waals surface area (Å²) in [5.74, 6) is 0. The van der Waals surface area contributed by atoms with Gasteiger partial charge in [-0.15, -0.1) is 0 Å². The van der Waals surface area contributed by atoms with Crippen molar-refractivity contribution in [3.05, 3.63) is 0 Å². The molecule has 0 spiro atoms. The molecule has 3 N–H and O–H groups in total. The Morgan fingerprint density at radius 2 is 1.70 bits per heavy atom. The lowest BCUT2D eigenvalue weighted by Crippen LogP contribution is -2.04. The van der Waals surface area contributed by atoms with Crippen LogP contribution in [0.3, 0.4) is 0 Å². The molecule has 0 amide bonds. The summed E-state index contributed by atoms with van der Waals surface area (Å²) in [6, 6.07) is 0. The molecule has 0 radical (unpaired) electrons. The van der Waals surface area contributed by atoms with E-state index < -0.39 is 6.29 Å². The fourth-order valence-electron chi connectivity index (χ4n) is 0.241. The van der Waals surface area contributed by atoms with Gasteiger partial charge in [-0.1, -0.05) is 0 Å². The summed E-state index contributed by atoms with van der Waals surface area (Å²) in [7, 11) is 0. The van der Waals surface area contributed by atoms with Crippen LogP contribution in [0.2, 0.25) is 0 Å². The fraction of sp³-hybridized carbons (Fsp3) is 1.00. The molecule has 0 saturated heterocycles. The minimum atomic E-state index is -0.602. The SMILES string of the molecule is CCOC(C)O.OCCO. The lowest BCUT2D eigenvalue weighted by atomic mass is 10.7. The van der Waals surface area contributed by atoms with E-state index in [0.717, 1.165) is 0 Å². The predicted octanol–water partition coefficient (Wildman–Crippen LogP) is -0.668. The molecule has 0 aromatic carbocycles. The summed E-state index contributed by atoms with van der Waals surface area (Å²) in [6.45, 7) is 3.76. The van der Waals surface area contributed by atoms with Crippen molar-refractivity contribution in [1.29, 1.82) is 0 Å². The lowest BCUT2D eigenvalue weighted by molar-refractivity contribution is -0.0800. The smallest absolute Gasteiger partial charge is 0.151 e. The molecule has 4 heteroatoms. The average Bonchev–Trinajstić information content (AvgIpc) is 1.89. The highest BCUT2D eigenvalue weighted by Crippen LogP contribution is 1.78. The van der Waals surface area contributed by atoms with Crippen molar-refractivity contribution >= 4 is 0 Å². The van der Waals surface area contributed by atoms with E-state index in [9.17, 15) is 0 Å². The van der Waals surface area contributed by atoms with Gasteiger partial charge in [0.15, 0.2) is 6.29 Å². The minimum Gasteiger partial charge on any atom is -0.394 e. The first-order chi connectivity index (χ1) is 4.68. The van der Waals surface area contributed by atoms with Crippen molar-refractivity contribution in [3.63, 3.8) is 0 Å². The second-order valence-electron chi connectivity index (χ2n) is 1.50. The normalized spacial score (nSPS) is 11.7. The van der Waals surface area contributed by atoms with Crippen molar-refractivity contribution in [2.75, 3.05) is 19.8 Å². The van der Waals surface area contributed by atoms with Crippen molar-refractivity contribution in [1.82, 2.24) is 0 Å². The Balaban J connectivity index is 0. The van der Waals surface area contributed by atoms with Gasteiger partial charge in [0.25, 0.3) is 0 Å². The van der Waals surface area contributed by atoms with Gasteiger partial charge in [-0.2, -0.15) is 0 Å². The van der Waals surface area contributed by atoms with Crippen LogP contribution in [0.4, 0.5) is 0 Å². The van der Waals surface area contributed by atoms with E-state index in [4.69, 9.17) is 15.3 Å². The van der Waals surface area contributed by atoms with Crippen LogP contribution in [0.15, 0.2) is 0 Å². The van der Waals surface area contributed by atoms with Gasteiger partial charge in [0.2, 0.25) is 0 Å². The van der Waals surface area contributed by atoms with Gasteiger partial charge in [-0.05, 0) is 13.8 Å². The van der Waals surface area contributed by atoms with E-state index >= 15 is 0 Å². The molecule has 0 fully saturated rings. The second kappa shape index (κ2) is 11.6. The Morgan fingerprint density at radius 3 is 1.70 bits per heavy atom. The molecule has 0 heterocycles. The number of ether oxygens (including phenoxy) is 1. The zero-order chi connectivity index (χ0) is 8.41. The highest BCUT2D eigenvalue weighted by molar-refractivity contribution is 4.17. The van der Waals surface area contributed by atoms with Crippen LogP contribution in [-0.2, 0) is 4.74 Å². The molecule has 0 aromatic rings. The predicted molar refractivity (Wildman–Crippen MR) is 37.5 cm³/mol. The Hall–Kier alpha value is -0.160. The van der Waals surface area contributed by atoms with Crippen LogP contribution in [0.25, 0.3) is 0 Å². The zero-order valence-corrected chi connectivity index (χ0v) is 6.45. The van der Waals surface area contributed by atoms with E-state index in [1.54, 1.807) is 6.92 Å². The van der Waals surface area contributed by atoms with Crippen LogP contribution in [0.5, 0.6) is 0 Å². The number of aliphatic hydroxyl groups excluding tert-OH is 3. The number of hydrogen-bond donors (Lipinski definition) is 3. The van der Waals surface area contributed by atoms with Gasteiger partial charge in [0.05, 0.1) is 13.2 Å². The van der Waals surface area contributed by atoms with Crippen LogP contribution in [-0.4, -0.2) is 41.4 Å². The van der Waals surface area contributed by atoms with Crippen LogP contribution in [0, 0.1) is 0 Å². The van der Waals surface area contributed by atoms with E-state index in [-0.39, 0.29) is 13.2 Å². The third-order valence-corrected chi connectivity index (χ3v) is 0.508. The summed E-state index contributed by atoms with van der Waals surface area (Å²) in [5.41, 5.74) is 0. The summed E-state index contributed by atoms with van der Waals surface area (Å²) in [6.07, 6.45) is -0.602. The topological polar surface area (TPSA) is 69.9 Å². The third kappa shape index (κ3) is 24.9. The van der Waals surface area contributed by atoms with Gasteiger partial charge < -0.3 is 20.1 Å². The molecule has 1 unspecified atom stereocenters. The zero-order valence-electron chi connectivity index (χ0n) is 6.45. The molecule has 0 aliphatic rings. The standard InChI is InChI=1S/C4H10O2.C2H6O2/c1-3-6-4(2)5;3-1-2-4/h4-5H,3H2,1-2H3;3-4H,1-2H2. The summed E-state index contributed by atoms with van der Waals surface area (Å²) >= 11 is 0. The van der Waals surface area contributed by atoms with E-state index in [1.807, 2.05) is 6.92 Å². The van der Waals surface area contributed by atoms with Crippen LogP contribution < -0.4 is 0 Å². The lowest BCUT2D eigenvalue weighted by Gasteiger charge is -1.99. The molecular formula is C6H16O4. The first kappa shape index (κ1) is 12.5. The van der Waals surface area contributed by atoms with E-state index in [0.29, 0.717) is 6.61 Å². The van der Waals surface area contributed by atoms with E-state index in [1.165, 1.54) is 0 Å². The van der Waals surface area contributed by atoms with E-state index in [2.05, 4.69) is 4.74 Å². The van der Waals surface area contributed by atoms with Gasteiger partial charge >= 0.3 is 0 Å². The second-order valence-corrected chi connectivity index (χ2v) is 1.50. The molecule has 0 aliphatic carbocycles. The third-order valence-electron chi connectivity index (χ3n) is 0.508. The first-order valence-electron chi connectivity index (χ1n) is 3.20. The minimum absolute atomic E-state index is 0.125. The molecule has 0 rings (SSSR count). The molecule has 64 valence electrons. The molecule has 10 heavy (non-hydrogen) atoms. The molecular weight excluding hydrogens is 136 g/mol. The Kier molecular flexibility index (Phi) is 14.5. The number of aliphatic hydroxyl groups is 3. The maximum atomic E-state index is 8.33. The summed E-state index contributed by atoms with van der Waals surface area (Å²) in [5, 5.41) is 23.6. The van der Waals surface area contributed by atoms with Gasteiger partial charge in [0.1, 0.15) is 0 Å². The van der Waals surface area contributed by atoms with Crippen LogP contribution in [0.1, 0.15) is 13.8 Å². The molecule has 0 bridgehead atoms. The first-order valence-corrected chi connectivity index (χ1v) is 3.20.